The maximum absolute atomic E-state index is 12.0. The van der Waals surface area contributed by atoms with Gasteiger partial charge in [0.25, 0.3) is 0 Å². The fraction of sp³-hybridized carbons (Fsp3) is 0.500. The molecule has 1 rings (SSSR count). The standard InChI is InChI=1S/C14H21NO3S/c1-14(2,3)15(4)13(16)10-11-19(17,18)12-8-6-5-7-9-12/h5-9H,10-11H2,1-4H3. The summed E-state index contributed by atoms with van der Waals surface area (Å²) in [6.07, 6.45) is 0.00496. The first-order valence-electron chi connectivity index (χ1n) is 6.19. The van der Waals surface area contributed by atoms with Gasteiger partial charge in [-0.1, -0.05) is 18.2 Å². The highest BCUT2D eigenvalue weighted by Gasteiger charge is 2.24. The van der Waals surface area contributed by atoms with Crippen LogP contribution < -0.4 is 0 Å². The number of carbonyl (C=O) groups excluding carboxylic acids is 1. The largest absolute Gasteiger partial charge is 0.341 e. The molecule has 19 heavy (non-hydrogen) atoms. The van der Waals surface area contributed by atoms with Crippen molar-refractivity contribution in [2.75, 3.05) is 12.8 Å². The van der Waals surface area contributed by atoms with Crippen LogP contribution >= 0.6 is 0 Å². The Morgan fingerprint density at radius 3 is 2.16 bits per heavy atom. The number of hydrogen-bond acceptors (Lipinski definition) is 3. The topological polar surface area (TPSA) is 54.5 Å². The van der Waals surface area contributed by atoms with Gasteiger partial charge in [0.2, 0.25) is 5.91 Å². The minimum Gasteiger partial charge on any atom is -0.341 e. The molecule has 0 saturated carbocycles. The lowest BCUT2D eigenvalue weighted by molar-refractivity contribution is -0.133. The number of carbonyl (C=O) groups is 1. The van der Waals surface area contributed by atoms with Crippen LogP contribution in [0.3, 0.4) is 0 Å². The molecule has 0 heterocycles. The molecule has 0 unspecified atom stereocenters. The van der Waals surface area contributed by atoms with Crippen molar-refractivity contribution >= 4 is 15.7 Å². The molecule has 0 spiro atoms. The molecular formula is C14H21NO3S. The van der Waals surface area contributed by atoms with Crippen molar-refractivity contribution in [2.45, 2.75) is 37.6 Å². The highest BCUT2D eigenvalue weighted by molar-refractivity contribution is 7.91. The molecule has 5 heteroatoms. The van der Waals surface area contributed by atoms with Crippen LogP contribution in [0.5, 0.6) is 0 Å². The second kappa shape index (κ2) is 5.74. The third kappa shape index (κ3) is 4.35. The molecule has 1 amide bonds. The van der Waals surface area contributed by atoms with Gasteiger partial charge in [-0.05, 0) is 32.9 Å². The lowest BCUT2D eigenvalue weighted by Gasteiger charge is -2.32. The van der Waals surface area contributed by atoms with Gasteiger partial charge in [0.1, 0.15) is 0 Å². The van der Waals surface area contributed by atoms with E-state index >= 15 is 0 Å². The SMILES string of the molecule is CN(C(=O)CCS(=O)(=O)c1ccccc1)C(C)(C)C. The van der Waals surface area contributed by atoms with Gasteiger partial charge in [-0.15, -0.1) is 0 Å². The summed E-state index contributed by atoms with van der Waals surface area (Å²) >= 11 is 0. The number of sulfone groups is 1. The van der Waals surface area contributed by atoms with E-state index in [1.165, 1.54) is 0 Å². The van der Waals surface area contributed by atoms with Crippen molar-refractivity contribution in [3.05, 3.63) is 30.3 Å². The Balaban J connectivity index is 2.70. The van der Waals surface area contributed by atoms with Gasteiger partial charge in [-0.2, -0.15) is 0 Å². The van der Waals surface area contributed by atoms with Gasteiger partial charge in [0.05, 0.1) is 10.6 Å². The predicted octanol–water partition coefficient (Wildman–Crippen LogP) is 2.11. The van der Waals surface area contributed by atoms with E-state index in [0.29, 0.717) is 0 Å². The average molecular weight is 283 g/mol. The van der Waals surface area contributed by atoms with Crippen LogP contribution in [0.1, 0.15) is 27.2 Å². The molecule has 0 aliphatic heterocycles. The summed E-state index contributed by atoms with van der Waals surface area (Å²) in [5.74, 6) is -0.317. The van der Waals surface area contributed by atoms with Gasteiger partial charge in [-0.3, -0.25) is 4.79 Å². The maximum Gasteiger partial charge on any atom is 0.223 e. The molecule has 0 aromatic heterocycles. The predicted molar refractivity (Wildman–Crippen MR) is 75.6 cm³/mol. The Morgan fingerprint density at radius 1 is 1.16 bits per heavy atom. The highest BCUT2D eigenvalue weighted by Crippen LogP contribution is 2.15. The Morgan fingerprint density at radius 2 is 1.68 bits per heavy atom. The van der Waals surface area contributed by atoms with Gasteiger partial charge in [0.15, 0.2) is 9.84 Å². The normalized spacial score (nSPS) is 12.2. The van der Waals surface area contributed by atoms with Crippen molar-refractivity contribution in [1.29, 1.82) is 0 Å². The van der Waals surface area contributed by atoms with E-state index in [2.05, 4.69) is 0 Å². The highest BCUT2D eigenvalue weighted by atomic mass is 32.2. The number of nitrogens with zero attached hydrogens (tertiary/aromatic N) is 1. The zero-order valence-electron chi connectivity index (χ0n) is 11.9. The van der Waals surface area contributed by atoms with Crippen LogP contribution in [-0.2, 0) is 14.6 Å². The van der Waals surface area contributed by atoms with E-state index < -0.39 is 9.84 Å². The molecule has 0 radical (unpaired) electrons. The molecule has 1 aromatic rings. The van der Waals surface area contributed by atoms with E-state index in [1.807, 2.05) is 20.8 Å². The number of rotatable bonds is 4. The first-order valence-corrected chi connectivity index (χ1v) is 7.84. The summed E-state index contributed by atoms with van der Waals surface area (Å²) in [4.78, 5) is 13.8. The first kappa shape index (κ1) is 15.7. The molecule has 1 aromatic carbocycles. The molecule has 0 aliphatic carbocycles. The molecule has 0 fully saturated rings. The van der Waals surface area contributed by atoms with Crippen molar-refractivity contribution in [3.63, 3.8) is 0 Å². The van der Waals surface area contributed by atoms with Crippen molar-refractivity contribution in [1.82, 2.24) is 4.90 Å². The fourth-order valence-corrected chi connectivity index (χ4v) is 2.76. The van der Waals surface area contributed by atoms with Crippen LogP contribution in [-0.4, -0.2) is 37.6 Å². The van der Waals surface area contributed by atoms with Crippen LogP contribution in [0.15, 0.2) is 35.2 Å². The van der Waals surface area contributed by atoms with Crippen molar-refractivity contribution in [3.8, 4) is 0 Å². The minimum absolute atomic E-state index is 0.00496. The molecule has 0 aliphatic rings. The van der Waals surface area contributed by atoms with Crippen molar-refractivity contribution < 1.29 is 13.2 Å². The first-order chi connectivity index (χ1) is 8.64. The van der Waals surface area contributed by atoms with E-state index in [9.17, 15) is 13.2 Å². The van der Waals surface area contributed by atoms with E-state index in [-0.39, 0.29) is 28.5 Å². The Labute approximate surface area is 115 Å². The zero-order chi connectivity index (χ0) is 14.7. The van der Waals surface area contributed by atoms with Crippen LogP contribution in [0.4, 0.5) is 0 Å². The molecular weight excluding hydrogens is 262 g/mol. The summed E-state index contributed by atoms with van der Waals surface area (Å²) in [5, 5.41) is 0. The minimum atomic E-state index is -3.38. The summed E-state index contributed by atoms with van der Waals surface area (Å²) in [7, 11) is -1.69. The number of benzene rings is 1. The molecule has 4 nitrogen and oxygen atoms in total. The van der Waals surface area contributed by atoms with E-state index in [1.54, 1.807) is 42.3 Å². The van der Waals surface area contributed by atoms with Crippen LogP contribution in [0.2, 0.25) is 0 Å². The monoisotopic (exact) mass is 283 g/mol. The van der Waals surface area contributed by atoms with E-state index in [0.717, 1.165) is 0 Å². The third-order valence-electron chi connectivity index (χ3n) is 3.07. The van der Waals surface area contributed by atoms with Gasteiger partial charge >= 0.3 is 0 Å². The Bertz CT molecular complexity index is 530. The maximum atomic E-state index is 12.0. The fourth-order valence-electron chi connectivity index (χ4n) is 1.51. The Hall–Kier alpha value is -1.36. The lowest BCUT2D eigenvalue weighted by atomic mass is 10.1. The van der Waals surface area contributed by atoms with E-state index in [4.69, 9.17) is 0 Å². The van der Waals surface area contributed by atoms with Crippen LogP contribution in [0, 0.1) is 0 Å². The molecule has 106 valence electrons. The second-order valence-electron chi connectivity index (χ2n) is 5.51. The molecule has 0 N–H and O–H groups in total. The smallest absolute Gasteiger partial charge is 0.223 e. The number of hydrogen-bond donors (Lipinski definition) is 0. The van der Waals surface area contributed by atoms with Gasteiger partial charge < -0.3 is 4.90 Å². The molecule has 0 atom stereocenters. The lowest BCUT2D eigenvalue weighted by Crippen LogP contribution is -2.43. The van der Waals surface area contributed by atoms with Gasteiger partial charge in [0, 0.05) is 19.0 Å². The second-order valence-corrected chi connectivity index (χ2v) is 7.61. The summed E-state index contributed by atoms with van der Waals surface area (Å²) in [6, 6.07) is 8.21. The molecule has 0 saturated heterocycles. The summed E-state index contributed by atoms with van der Waals surface area (Å²) in [5.41, 5.74) is -0.298. The average Bonchev–Trinajstić information content (AvgIpc) is 2.35. The summed E-state index contributed by atoms with van der Waals surface area (Å²) in [6.45, 7) is 5.74. The molecule has 0 bridgehead atoms. The van der Waals surface area contributed by atoms with Gasteiger partial charge in [-0.25, -0.2) is 8.42 Å². The third-order valence-corrected chi connectivity index (χ3v) is 4.80. The van der Waals surface area contributed by atoms with Crippen LogP contribution in [0.25, 0.3) is 0 Å². The number of amides is 1. The van der Waals surface area contributed by atoms with Crippen molar-refractivity contribution in [2.24, 2.45) is 0 Å². The quantitative estimate of drug-likeness (QED) is 0.850. The zero-order valence-corrected chi connectivity index (χ0v) is 12.7. The Kier molecular flexibility index (Phi) is 4.74. The summed E-state index contributed by atoms with van der Waals surface area (Å²) < 4.78 is 24.1.